The van der Waals surface area contributed by atoms with Gasteiger partial charge in [0.15, 0.2) is 11.9 Å². The number of nitrogens with one attached hydrogen (secondary N) is 1. The molecule has 0 spiro atoms. The first-order valence-corrected chi connectivity index (χ1v) is 13.9. The van der Waals surface area contributed by atoms with Crippen molar-refractivity contribution in [3.63, 3.8) is 0 Å². The molecule has 4 nitrogen and oxygen atoms in total. The molecule has 0 aliphatic carbocycles. The van der Waals surface area contributed by atoms with E-state index in [0.29, 0.717) is 17.7 Å². The second-order valence-corrected chi connectivity index (χ2v) is 11.1. The van der Waals surface area contributed by atoms with Crippen molar-refractivity contribution in [2.75, 3.05) is 10.6 Å². The number of carbonyl (C=O) groups is 2. The second-order valence-electron chi connectivity index (χ2n) is 10.6. The van der Waals surface area contributed by atoms with E-state index in [1.165, 1.54) is 5.56 Å². The maximum atomic E-state index is 13.3. The summed E-state index contributed by atoms with van der Waals surface area (Å²) in [5.74, 6) is 0.617. The largest absolute Gasteiger partial charge is 0.480 e. The molecule has 0 radical (unpaired) electrons. The highest BCUT2D eigenvalue weighted by molar-refractivity contribution is 9.09. The van der Waals surface area contributed by atoms with Crippen LogP contribution in [-0.2, 0) is 15.6 Å². The number of benzene rings is 2. The molecule has 0 aliphatic heterocycles. The van der Waals surface area contributed by atoms with Gasteiger partial charge in [-0.05, 0) is 72.4 Å². The topological polar surface area (TPSA) is 55.4 Å². The predicted octanol–water partition coefficient (Wildman–Crippen LogP) is 8.22. The molecule has 35 heavy (non-hydrogen) atoms. The number of Topliss-reactive ketones (excluding diaryl/α,β-unsaturated/α-hetero) is 1. The van der Waals surface area contributed by atoms with Crippen molar-refractivity contribution < 1.29 is 14.3 Å². The molecular formula is C30H42BrNO3. The van der Waals surface area contributed by atoms with Crippen LogP contribution in [0.1, 0.15) is 102 Å². The van der Waals surface area contributed by atoms with Crippen molar-refractivity contribution in [2.45, 2.75) is 97.5 Å². The molecule has 2 aromatic rings. The maximum absolute atomic E-state index is 13.3. The number of rotatable bonds is 13. The third-order valence-corrected chi connectivity index (χ3v) is 7.74. The Morgan fingerprint density at radius 3 is 2.11 bits per heavy atom. The maximum Gasteiger partial charge on any atom is 0.265 e. The molecule has 0 heterocycles. The van der Waals surface area contributed by atoms with Crippen LogP contribution in [0.2, 0.25) is 0 Å². The molecule has 2 rings (SSSR count). The number of amides is 1. The number of hydrogen-bond acceptors (Lipinski definition) is 3. The Kier molecular flexibility index (Phi) is 10.6. The molecule has 1 unspecified atom stereocenters. The van der Waals surface area contributed by atoms with Crippen LogP contribution in [0, 0.1) is 0 Å². The number of halogens is 1. The highest BCUT2D eigenvalue weighted by Gasteiger charge is 2.29. The van der Waals surface area contributed by atoms with Crippen molar-refractivity contribution in [2.24, 2.45) is 0 Å². The number of anilines is 1. The Balaban J connectivity index is 2.35. The molecule has 0 aromatic heterocycles. The van der Waals surface area contributed by atoms with Crippen molar-refractivity contribution in [3.05, 3.63) is 59.2 Å². The number of carbonyl (C=O) groups excluding carboxylic acids is 2. The normalized spacial score (nSPS) is 12.8. The summed E-state index contributed by atoms with van der Waals surface area (Å²) in [5, 5.41) is 3.26. The highest BCUT2D eigenvalue weighted by atomic mass is 79.9. The second kappa shape index (κ2) is 12.7. The number of alkyl halides is 1. The first-order chi connectivity index (χ1) is 16.5. The fourth-order valence-corrected chi connectivity index (χ4v) is 4.13. The van der Waals surface area contributed by atoms with E-state index in [1.807, 2.05) is 6.07 Å². The van der Waals surface area contributed by atoms with Gasteiger partial charge in [0, 0.05) is 16.8 Å². The lowest BCUT2D eigenvalue weighted by molar-refractivity contribution is -0.123. The van der Waals surface area contributed by atoms with Gasteiger partial charge in [-0.15, -0.1) is 0 Å². The van der Waals surface area contributed by atoms with Crippen molar-refractivity contribution in [3.8, 4) is 5.75 Å². The Hall–Kier alpha value is -2.14. The lowest BCUT2D eigenvalue weighted by atomic mass is 9.76. The average molecular weight is 545 g/mol. The number of ketones is 1. The van der Waals surface area contributed by atoms with E-state index in [2.05, 4.69) is 81.8 Å². The Morgan fingerprint density at radius 1 is 0.943 bits per heavy atom. The van der Waals surface area contributed by atoms with E-state index in [0.717, 1.165) is 37.0 Å². The quantitative estimate of drug-likeness (QED) is 0.204. The minimum Gasteiger partial charge on any atom is -0.480 e. The number of hydrogen-bond donors (Lipinski definition) is 1. The fourth-order valence-electron chi connectivity index (χ4n) is 3.80. The molecule has 0 aliphatic rings. The van der Waals surface area contributed by atoms with Gasteiger partial charge in [0.2, 0.25) is 0 Å². The molecule has 1 N–H and O–H groups in total. The van der Waals surface area contributed by atoms with Crippen LogP contribution in [0.15, 0.2) is 42.5 Å². The van der Waals surface area contributed by atoms with Crippen molar-refractivity contribution >= 4 is 33.3 Å². The van der Waals surface area contributed by atoms with Crippen LogP contribution in [-0.4, -0.2) is 23.1 Å². The molecule has 1 atom stereocenters. The van der Waals surface area contributed by atoms with Gasteiger partial charge in [0.1, 0.15) is 5.75 Å². The molecule has 1 amide bonds. The standard InChI is InChI=1S/C30H42BrNO3/c1-8-11-12-27(28(34)32-23-16-13-21(14-17-23)25(33)20-31)35-26-18-15-22(29(4,5)9-2)19-24(26)30(6,7)10-3/h13-19,27H,8-12,20H2,1-7H3,(H,32,34). The van der Waals surface area contributed by atoms with Gasteiger partial charge in [0.05, 0.1) is 5.33 Å². The molecule has 2 aromatic carbocycles. The summed E-state index contributed by atoms with van der Waals surface area (Å²) in [4.78, 5) is 25.2. The van der Waals surface area contributed by atoms with E-state index < -0.39 is 6.10 Å². The van der Waals surface area contributed by atoms with E-state index in [4.69, 9.17) is 4.74 Å². The molecule has 0 saturated carbocycles. The van der Waals surface area contributed by atoms with Gasteiger partial charge in [-0.2, -0.15) is 0 Å². The minimum atomic E-state index is -0.602. The van der Waals surface area contributed by atoms with Gasteiger partial charge in [0.25, 0.3) is 5.91 Å². The summed E-state index contributed by atoms with van der Waals surface area (Å²) >= 11 is 3.19. The smallest absolute Gasteiger partial charge is 0.265 e. The van der Waals surface area contributed by atoms with Crippen LogP contribution >= 0.6 is 15.9 Å². The zero-order valence-electron chi connectivity index (χ0n) is 22.5. The first-order valence-electron chi connectivity index (χ1n) is 12.8. The molecule has 192 valence electrons. The summed E-state index contributed by atoms with van der Waals surface area (Å²) in [7, 11) is 0. The lowest BCUT2D eigenvalue weighted by Gasteiger charge is -2.31. The van der Waals surface area contributed by atoms with Crippen LogP contribution in [0.3, 0.4) is 0 Å². The van der Waals surface area contributed by atoms with Crippen molar-refractivity contribution in [1.82, 2.24) is 0 Å². The number of unbranched alkanes of at least 4 members (excludes halogenated alkanes) is 1. The highest BCUT2D eigenvalue weighted by Crippen LogP contribution is 2.39. The zero-order chi connectivity index (χ0) is 26.2. The van der Waals surface area contributed by atoms with Gasteiger partial charge >= 0.3 is 0 Å². The molecule has 0 fully saturated rings. The number of ether oxygens (including phenoxy) is 1. The van der Waals surface area contributed by atoms with Gasteiger partial charge in [-0.1, -0.05) is 82.9 Å². The van der Waals surface area contributed by atoms with E-state index in [1.54, 1.807) is 24.3 Å². The average Bonchev–Trinajstić information content (AvgIpc) is 2.86. The summed E-state index contributed by atoms with van der Waals surface area (Å²) in [6.45, 7) is 15.5. The molecule has 0 saturated heterocycles. The predicted molar refractivity (Wildman–Crippen MR) is 150 cm³/mol. The molecule has 5 heteroatoms. The Bertz CT molecular complexity index is 995. The van der Waals surface area contributed by atoms with E-state index >= 15 is 0 Å². The summed E-state index contributed by atoms with van der Waals surface area (Å²) in [6.07, 6.45) is 3.91. The van der Waals surface area contributed by atoms with Crippen LogP contribution in [0.5, 0.6) is 5.75 Å². The zero-order valence-corrected chi connectivity index (χ0v) is 24.1. The van der Waals surface area contributed by atoms with Crippen LogP contribution in [0.25, 0.3) is 0 Å². The summed E-state index contributed by atoms with van der Waals surface area (Å²) in [6, 6.07) is 13.5. The van der Waals surface area contributed by atoms with Crippen molar-refractivity contribution in [1.29, 1.82) is 0 Å². The fraction of sp³-hybridized carbons (Fsp3) is 0.533. The SMILES string of the molecule is CCCCC(Oc1ccc(C(C)(C)CC)cc1C(C)(C)CC)C(=O)Nc1ccc(C(=O)CBr)cc1. The third kappa shape index (κ3) is 7.67. The lowest BCUT2D eigenvalue weighted by Crippen LogP contribution is -2.34. The van der Waals surface area contributed by atoms with Gasteiger partial charge < -0.3 is 10.1 Å². The Labute approximate surface area is 220 Å². The third-order valence-electron chi connectivity index (χ3n) is 7.24. The van der Waals surface area contributed by atoms with E-state index in [9.17, 15) is 9.59 Å². The van der Waals surface area contributed by atoms with Gasteiger partial charge in [-0.25, -0.2) is 0 Å². The van der Waals surface area contributed by atoms with Crippen LogP contribution < -0.4 is 10.1 Å². The van der Waals surface area contributed by atoms with Gasteiger partial charge in [-0.3, -0.25) is 9.59 Å². The van der Waals surface area contributed by atoms with Crippen LogP contribution in [0.4, 0.5) is 5.69 Å². The Morgan fingerprint density at radius 2 is 1.57 bits per heavy atom. The van der Waals surface area contributed by atoms with E-state index in [-0.39, 0.29) is 27.9 Å². The summed E-state index contributed by atoms with van der Waals surface area (Å²) < 4.78 is 6.48. The summed E-state index contributed by atoms with van der Waals surface area (Å²) in [5.41, 5.74) is 3.68. The molecule has 0 bridgehead atoms. The first kappa shape index (κ1) is 29.1. The minimum absolute atomic E-state index is 0.00722. The monoisotopic (exact) mass is 543 g/mol. The molecular weight excluding hydrogens is 502 g/mol.